The van der Waals surface area contributed by atoms with E-state index in [4.69, 9.17) is 10.2 Å². The molecule has 14 nitrogen and oxygen atoms in total. The molecule has 0 bridgehead atoms. The number of phenolic OH excluding ortho intramolecular Hbond substituents is 2. The predicted molar refractivity (Wildman–Crippen MR) is 138 cm³/mol. The minimum absolute atomic E-state index is 0. The smallest absolute Gasteiger partial charge is 0.743 e. The minimum Gasteiger partial charge on any atom is -0.743 e. The van der Waals surface area contributed by atoms with Crippen LogP contribution in [0, 0.1) is 0 Å². The molecule has 0 aromatic heterocycles. The molecule has 0 spiro atoms. The van der Waals surface area contributed by atoms with E-state index in [1.165, 1.54) is 0 Å². The third kappa shape index (κ3) is 13.0. The Morgan fingerprint density at radius 3 is 1.26 bits per heavy atom. The van der Waals surface area contributed by atoms with Gasteiger partial charge in [0, 0.05) is 13.8 Å². The van der Waals surface area contributed by atoms with E-state index in [9.17, 15) is 106 Å². The fourth-order valence-corrected chi connectivity index (χ4v) is 3.84. The molecule has 0 aliphatic heterocycles. The Balaban J connectivity index is 0. The van der Waals surface area contributed by atoms with Crippen molar-refractivity contribution in [2.45, 2.75) is 60.6 Å². The number of carbonyl (C=O) groups is 2. The summed E-state index contributed by atoms with van der Waals surface area (Å²) in [6.07, 6.45) is -27.0. The van der Waals surface area contributed by atoms with Crippen LogP contribution >= 0.6 is 0 Å². The molecule has 0 atom stereocenters. The zero-order valence-corrected chi connectivity index (χ0v) is 36.0. The number of esters is 2. The Labute approximate surface area is 396 Å². The molecule has 0 amide bonds. The van der Waals surface area contributed by atoms with Gasteiger partial charge in [-0.25, -0.2) is 26.3 Å². The molecule has 0 aliphatic carbocycles. The summed E-state index contributed by atoms with van der Waals surface area (Å²) in [5, 5.41) is 4.28. The molecule has 2 N–H and O–H groups in total. The van der Waals surface area contributed by atoms with Gasteiger partial charge >= 0.3 is 161 Å². The van der Waals surface area contributed by atoms with E-state index >= 15 is 0 Å². The molecule has 58 heavy (non-hydrogen) atoms. The molecule has 0 heterocycles. The second-order valence-corrected chi connectivity index (χ2v) is 12.8. The Morgan fingerprint density at radius 1 is 0.552 bits per heavy atom. The minimum atomic E-state index is -7.35. The van der Waals surface area contributed by atoms with Gasteiger partial charge in [-0.3, -0.25) is 9.59 Å². The van der Waals surface area contributed by atoms with Gasteiger partial charge < -0.3 is 28.8 Å². The average molecular weight is 973 g/mol. The van der Waals surface area contributed by atoms with Gasteiger partial charge in [0.1, 0.15) is 23.0 Å². The van der Waals surface area contributed by atoms with Gasteiger partial charge in [-0.1, -0.05) is 0 Å². The first-order valence-corrected chi connectivity index (χ1v) is 15.7. The Hall–Kier alpha value is -1.13. The van der Waals surface area contributed by atoms with E-state index in [2.05, 4.69) is 14.2 Å². The normalized spacial score (nSPS) is 13.6. The molecule has 0 saturated heterocycles. The number of halogens is 16. The molecule has 0 saturated carbocycles. The van der Waals surface area contributed by atoms with Crippen LogP contribution in [0.4, 0.5) is 70.2 Å². The molecular formula is C24H14F16K2O14S2. The summed E-state index contributed by atoms with van der Waals surface area (Å²) in [5.41, 5.74) is -4.36. The zero-order chi connectivity index (χ0) is 44.7. The monoisotopic (exact) mass is 972 g/mol. The van der Waals surface area contributed by atoms with E-state index in [1.807, 2.05) is 4.74 Å². The van der Waals surface area contributed by atoms with Crippen molar-refractivity contribution in [1.82, 2.24) is 0 Å². The van der Waals surface area contributed by atoms with Crippen LogP contribution in [0.3, 0.4) is 0 Å². The average Bonchev–Trinajstić information content (AvgIpc) is 2.96. The fourth-order valence-electron chi connectivity index (χ4n) is 3.18. The Bertz CT molecular complexity index is 2040. The summed E-state index contributed by atoms with van der Waals surface area (Å²) < 4.78 is 288. The second-order valence-electron chi connectivity index (χ2n) is 9.91. The summed E-state index contributed by atoms with van der Waals surface area (Å²) in [4.78, 5) is 21.9. The molecule has 0 fully saturated rings. The van der Waals surface area contributed by atoms with Crippen molar-refractivity contribution in [3.8, 4) is 23.0 Å². The van der Waals surface area contributed by atoms with Crippen molar-refractivity contribution >= 4 is 32.2 Å². The van der Waals surface area contributed by atoms with E-state index in [0.29, 0.717) is 25.1 Å². The first-order valence-electron chi connectivity index (χ1n) is 12.9. The summed E-state index contributed by atoms with van der Waals surface area (Å²) in [6.45, 7) is 1.37. The van der Waals surface area contributed by atoms with Gasteiger partial charge in [-0.2, -0.15) is 70.2 Å². The molecule has 2 aromatic carbocycles. The molecule has 0 radical (unpaired) electrons. The number of ether oxygens (including phenoxy) is 4. The third-order valence-corrected chi connectivity index (χ3v) is 7.40. The number of carbonyl (C=O) groups excluding carboxylic acids is 2. The third-order valence-electron chi connectivity index (χ3n) is 5.67. The van der Waals surface area contributed by atoms with Crippen molar-refractivity contribution in [2.24, 2.45) is 0 Å². The molecule has 0 aliphatic rings. The first-order chi connectivity index (χ1) is 24.5. The SMILES string of the molecule is CC(=O)Oc1ccc(OC(C)=O)c(C(F)(F)C(F)(F)OC(F)(F)C(F)(F)S(=O)(=O)[O-])c1.O=S(=O)([O-])C(F)(F)C(F)(F)OC(F)(F)C(F)(F)c1cc(O)ccc1O.[K+].[K+]. The van der Waals surface area contributed by atoms with Crippen LogP contribution in [0.2, 0.25) is 0 Å². The zero-order valence-electron chi connectivity index (χ0n) is 28.1. The van der Waals surface area contributed by atoms with Crippen LogP contribution in [-0.2, 0) is 51.1 Å². The number of aromatic hydroxyl groups is 2. The van der Waals surface area contributed by atoms with Crippen LogP contribution in [0.15, 0.2) is 36.4 Å². The van der Waals surface area contributed by atoms with Gasteiger partial charge in [0.25, 0.3) is 0 Å². The number of benzene rings is 2. The summed E-state index contributed by atoms with van der Waals surface area (Å²) in [6, 6.07) is 1.49. The van der Waals surface area contributed by atoms with E-state index in [1.54, 1.807) is 0 Å². The maximum Gasteiger partial charge on any atom is 1.00 e. The number of rotatable bonds is 14. The largest absolute Gasteiger partial charge is 1.00 e. The van der Waals surface area contributed by atoms with Gasteiger partial charge in [0.2, 0.25) is 0 Å². The van der Waals surface area contributed by atoms with Crippen molar-refractivity contribution in [1.29, 1.82) is 0 Å². The van der Waals surface area contributed by atoms with E-state index in [-0.39, 0.29) is 121 Å². The number of phenols is 2. The van der Waals surface area contributed by atoms with Crippen molar-refractivity contribution in [3.05, 3.63) is 47.5 Å². The summed E-state index contributed by atoms with van der Waals surface area (Å²) in [5.74, 6) is -19.7. The van der Waals surface area contributed by atoms with E-state index in [0.717, 1.165) is 6.92 Å². The topological polar surface area (TPSA) is 226 Å². The van der Waals surface area contributed by atoms with Crippen LogP contribution in [0.5, 0.6) is 23.0 Å². The number of hydrogen-bond acceptors (Lipinski definition) is 14. The molecule has 34 heteroatoms. The predicted octanol–water partition coefficient (Wildman–Crippen LogP) is -0.493. The quantitative estimate of drug-likeness (QED) is 0.0609. The molecule has 320 valence electrons. The second kappa shape index (κ2) is 19.5. The number of alkyl halides is 16. The molecular weight excluding hydrogens is 959 g/mol. The van der Waals surface area contributed by atoms with Crippen LogP contribution in [-0.4, -0.2) is 83.0 Å². The van der Waals surface area contributed by atoms with Gasteiger partial charge in [0.05, 0.1) is 11.1 Å². The number of hydrogen-bond donors (Lipinski definition) is 2. The van der Waals surface area contributed by atoms with Gasteiger partial charge in [-0.15, -0.1) is 0 Å². The van der Waals surface area contributed by atoms with Crippen LogP contribution in [0.25, 0.3) is 0 Å². The molecule has 2 aromatic rings. The van der Waals surface area contributed by atoms with Crippen LogP contribution in [0.1, 0.15) is 25.0 Å². The van der Waals surface area contributed by atoms with Crippen molar-refractivity contribution in [2.75, 3.05) is 0 Å². The maximum absolute atomic E-state index is 14.4. The Morgan fingerprint density at radius 2 is 0.914 bits per heavy atom. The van der Waals surface area contributed by atoms with Gasteiger partial charge in [-0.05, 0) is 36.4 Å². The standard InChI is InChI=1S/C14H10F8O8S.C10H6F8O6S.2K/c1-6(23)28-8-3-4-10(29-7(2)24)9(5-8)11(15,16)12(17,18)30-13(19,20)14(21,22)31(25,26)27;11-7(12,5-3-4(19)1-2-6(5)20)8(13,14)24-9(15,16)10(17,18)25(21,22)23;;/h3-5H,1-2H3,(H,25,26,27);1-3,19-20H,(H,21,22,23);;/q;;2*+1/p-2. The maximum atomic E-state index is 14.4. The Kier molecular flexibility index (Phi) is 19.8. The van der Waals surface area contributed by atoms with Gasteiger partial charge in [0.15, 0.2) is 20.2 Å². The first kappa shape index (κ1) is 59.0. The van der Waals surface area contributed by atoms with Crippen molar-refractivity contribution in [3.63, 3.8) is 0 Å². The molecule has 0 unspecified atom stereocenters. The van der Waals surface area contributed by atoms with E-state index < -0.39 is 113 Å². The molecule has 2 rings (SSSR count). The summed E-state index contributed by atoms with van der Waals surface area (Å²) in [7, 11) is -14.6. The van der Waals surface area contributed by atoms with Crippen LogP contribution < -0.4 is 112 Å². The fraction of sp³-hybridized carbons (Fsp3) is 0.417. The van der Waals surface area contributed by atoms with Crippen molar-refractivity contribution < 1.29 is 238 Å². The summed E-state index contributed by atoms with van der Waals surface area (Å²) >= 11 is 0.